The Hall–Kier alpha value is -2.29. The first-order chi connectivity index (χ1) is 7.88. The Balaban J connectivity index is 2.51. The van der Waals surface area contributed by atoms with Gasteiger partial charge in [0.15, 0.2) is 0 Å². The number of benzene rings is 2. The summed E-state index contributed by atoms with van der Waals surface area (Å²) >= 11 is 0. The third-order valence-electron chi connectivity index (χ3n) is 2.48. The molecule has 1 radical (unpaired) electrons. The van der Waals surface area contributed by atoms with E-state index in [0.717, 1.165) is 16.6 Å². The molecule has 75 valence electrons. The summed E-state index contributed by atoms with van der Waals surface area (Å²) in [5.74, 6) is 0. The minimum atomic E-state index is 0.454. The molecule has 3 rings (SSSR count). The summed E-state index contributed by atoms with van der Waals surface area (Å²) in [6.07, 6.45) is 1.88. The van der Waals surface area contributed by atoms with Gasteiger partial charge in [-0.25, -0.2) is 9.97 Å². The van der Waals surface area contributed by atoms with Crippen LogP contribution < -0.4 is 0 Å². The molecule has 3 heteroatoms. The van der Waals surface area contributed by atoms with Gasteiger partial charge in [0.25, 0.3) is 0 Å². The van der Waals surface area contributed by atoms with Gasteiger partial charge in [0.1, 0.15) is 5.52 Å². The first-order valence-corrected chi connectivity index (χ1v) is 4.92. The van der Waals surface area contributed by atoms with Gasteiger partial charge in [-0.05, 0) is 24.3 Å². The average molecular weight is 207 g/mol. The summed E-state index contributed by atoms with van der Waals surface area (Å²) in [5, 5.41) is 0. The number of hydrogen-bond acceptors (Lipinski definition) is 3. The quantitative estimate of drug-likeness (QED) is 0.575. The lowest BCUT2D eigenvalue weighted by atomic mass is 10.2. The van der Waals surface area contributed by atoms with Gasteiger partial charge < -0.3 is 0 Å². The molecule has 0 aliphatic rings. The van der Waals surface area contributed by atoms with Crippen molar-refractivity contribution in [3.8, 4) is 0 Å². The fourth-order valence-electron chi connectivity index (χ4n) is 1.72. The predicted octanol–water partition coefficient (Wildman–Crippen LogP) is 2.24. The summed E-state index contributed by atoms with van der Waals surface area (Å²) in [7, 11) is 0. The molecular formula is C13H7N2O. The molecule has 0 saturated heterocycles. The van der Waals surface area contributed by atoms with Crippen LogP contribution in [0, 0.1) is 0 Å². The lowest BCUT2D eigenvalue weighted by molar-refractivity contribution is 0.563. The highest BCUT2D eigenvalue weighted by Crippen LogP contribution is 2.17. The molecule has 3 aromatic rings. The van der Waals surface area contributed by atoms with E-state index in [0.29, 0.717) is 11.1 Å². The first kappa shape index (κ1) is 8.97. The van der Waals surface area contributed by atoms with Crippen LogP contribution in [-0.2, 0) is 4.79 Å². The van der Waals surface area contributed by atoms with Gasteiger partial charge in [-0.15, -0.1) is 0 Å². The lowest BCUT2D eigenvalue weighted by Gasteiger charge is -2.01. The fraction of sp³-hybridized carbons (Fsp3) is 0. The van der Waals surface area contributed by atoms with Crippen molar-refractivity contribution in [2.75, 3.05) is 0 Å². The van der Waals surface area contributed by atoms with Crippen molar-refractivity contribution >= 4 is 28.4 Å². The monoisotopic (exact) mass is 207 g/mol. The molecule has 0 atom stereocenters. The van der Waals surface area contributed by atoms with Gasteiger partial charge in [0, 0.05) is 0 Å². The molecule has 0 aliphatic carbocycles. The van der Waals surface area contributed by atoms with Crippen LogP contribution in [0.1, 0.15) is 5.56 Å². The van der Waals surface area contributed by atoms with Crippen molar-refractivity contribution in [2.45, 2.75) is 0 Å². The van der Waals surface area contributed by atoms with Crippen molar-refractivity contribution in [3.05, 3.63) is 48.0 Å². The predicted molar refractivity (Wildman–Crippen MR) is 61.8 cm³/mol. The van der Waals surface area contributed by atoms with E-state index in [1.165, 1.54) is 0 Å². The number of nitrogens with zero attached hydrogens (tertiary/aromatic N) is 2. The van der Waals surface area contributed by atoms with E-state index in [1.807, 2.05) is 36.6 Å². The maximum Gasteiger partial charge on any atom is 0.235 e. The Morgan fingerprint density at radius 2 is 1.50 bits per heavy atom. The van der Waals surface area contributed by atoms with Crippen molar-refractivity contribution in [2.24, 2.45) is 0 Å². The largest absolute Gasteiger partial charge is 0.285 e. The van der Waals surface area contributed by atoms with Crippen LogP contribution in [0.25, 0.3) is 22.1 Å². The van der Waals surface area contributed by atoms with Gasteiger partial charge in [0.2, 0.25) is 6.29 Å². The summed E-state index contributed by atoms with van der Waals surface area (Å²) < 4.78 is 0. The number of aromatic nitrogens is 2. The molecule has 2 aromatic carbocycles. The molecule has 0 aliphatic heterocycles. The highest BCUT2D eigenvalue weighted by atomic mass is 16.1. The van der Waals surface area contributed by atoms with Crippen LogP contribution in [-0.4, -0.2) is 16.3 Å². The SMILES string of the molecule is O=[C]c1cccc2nc3ccccc3nc12. The van der Waals surface area contributed by atoms with Gasteiger partial charge in [-0.3, -0.25) is 4.79 Å². The van der Waals surface area contributed by atoms with Crippen LogP contribution in [0.4, 0.5) is 0 Å². The summed E-state index contributed by atoms with van der Waals surface area (Å²) in [6, 6.07) is 12.9. The van der Waals surface area contributed by atoms with E-state index in [9.17, 15) is 4.79 Å². The van der Waals surface area contributed by atoms with Gasteiger partial charge >= 0.3 is 0 Å². The Kier molecular flexibility index (Phi) is 1.90. The molecule has 0 fully saturated rings. The van der Waals surface area contributed by atoms with Crippen LogP contribution in [0.3, 0.4) is 0 Å². The molecule has 0 N–H and O–H groups in total. The molecule has 0 spiro atoms. The van der Waals surface area contributed by atoms with Crippen molar-refractivity contribution in [1.82, 2.24) is 9.97 Å². The van der Waals surface area contributed by atoms with Crippen LogP contribution in [0.15, 0.2) is 42.5 Å². The van der Waals surface area contributed by atoms with Crippen molar-refractivity contribution in [3.63, 3.8) is 0 Å². The third-order valence-corrected chi connectivity index (χ3v) is 2.48. The Morgan fingerprint density at radius 1 is 0.812 bits per heavy atom. The topological polar surface area (TPSA) is 42.9 Å². The van der Waals surface area contributed by atoms with E-state index in [4.69, 9.17) is 0 Å². The summed E-state index contributed by atoms with van der Waals surface area (Å²) in [6.45, 7) is 0. The Labute approximate surface area is 91.8 Å². The molecule has 0 bridgehead atoms. The zero-order chi connectivity index (χ0) is 11.0. The Morgan fingerprint density at radius 3 is 2.25 bits per heavy atom. The zero-order valence-electron chi connectivity index (χ0n) is 8.34. The van der Waals surface area contributed by atoms with Crippen LogP contribution in [0.5, 0.6) is 0 Å². The molecule has 3 nitrogen and oxygen atoms in total. The summed E-state index contributed by atoms with van der Waals surface area (Å²) in [5.41, 5.74) is 3.40. The third kappa shape index (κ3) is 1.26. The molecule has 1 aromatic heterocycles. The normalized spacial score (nSPS) is 10.8. The van der Waals surface area contributed by atoms with Crippen molar-refractivity contribution in [1.29, 1.82) is 0 Å². The van der Waals surface area contributed by atoms with E-state index in [-0.39, 0.29) is 0 Å². The van der Waals surface area contributed by atoms with E-state index in [1.54, 1.807) is 12.1 Å². The molecule has 16 heavy (non-hydrogen) atoms. The number of para-hydroxylation sites is 3. The maximum atomic E-state index is 10.8. The van der Waals surface area contributed by atoms with Crippen LogP contribution >= 0.6 is 0 Å². The minimum absolute atomic E-state index is 0.454. The fourth-order valence-corrected chi connectivity index (χ4v) is 1.72. The number of fused-ring (bicyclic) bond motifs is 2. The highest BCUT2D eigenvalue weighted by molar-refractivity contribution is 5.97. The smallest absolute Gasteiger partial charge is 0.235 e. The average Bonchev–Trinajstić information content (AvgIpc) is 2.35. The minimum Gasteiger partial charge on any atom is -0.285 e. The molecule has 0 amide bonds. The summed E-state index contributed by atoms with van der Waals surface area (Å²) in [4.78, 5) is 19.6. The first-order valence-electron chi connectivity index (χ1n) is 4.92. The van der Waals surface area contributed by atoms with Gasteiger partial charge in [-0.2, -0.15) is 0 Å². The number of hydrogen-bond donors (Lipinski definition) is 0. The van der Waals surface area contributed by atoms with E-state index in [2.05, 4.69) is 9.97 Å². The zero-order valence-corrected chi connectivity index (χ0v) is 8.34. The van der Waals surface area contributed by atoms with Gasteiger partial charge in [-0.1, -0.05) is 18.2 Å². The standard InChI is InChI=1S/C13H7N2O/c16-8-9-4-3-7-12-13(9)15-11-6-2-1-5-10(11)14-12/h1-7H. The second-order valence-corrected chi connectivity index (χ2v) is 3.49. The molecule has 1 heterocycles. The van der Waals surface area contributed by atoms with E-state index < -0.39 is 0 Å². The van der Waals surface area contributed by atoms with E-state index >= 15 is 0 Å². The number of carbonyl (C=O) groups excluding carboxylic acids is 1. The van der Waals surface area contributed by atoms with Crippen molar-refractivity contribution < 1.29 is 4.79 Å². The second kappa shape index (κ2) is 3.38. The molecular weight excluding hydrogens is 200 g/mol. The second-order valence-electron chi connectivity index (χ2n) is 3.49. The number of rotatable bonds is 1. The lowest BCUT2D eigenvalue weighted by Crippen LogP contribution is -1.91. The molecule has 0 saturated carbocycles. The van der Waals surface area contributed by atoms with Crippen LogP contribution in [0.2, 0.25) is 0 Å². The molecule has 0 unspecified atom stereocenters. The maximum absolute atomic E-state index is 10.8. The highest BCUT2D eigenvalue weighted by Gasteiger charge is 2.04. The Bertz CT molecular complexity index is 692. The van der Waals surface area contributed by atoms with Gasteiger partial charge in [0.05, 0.1) is 22.1 Å².